The van der Waals surface area contributed by atoms with Crippen LogP contribution in [0.1, 0.15) is 18.1 Å². The summed E-state index contributed by atoms with van der Waals surface area (Å²) in [6, 6.07) is 54.5. The third kappa shape index (κ3) is 6.44. The molecule has 0 amide bonds. The molecule has 8 rings (SSSR count). The van der Waals surface area contributed by atoms with Gasteiger partial charge in [0.15, 0.2) is 5.84 Å². The predicted molar refractivity (Wildman–Crippen MR) is 222 cm³/mol. The largest absolute Gasteiger partial charge is 0.456 e. The number of fused-ring (bicyclic) bond motifs is 5. The molecule has 0 saturated carbocycles. The van der Waals surface area contributed by atoms with Gasteiger partial charge in [-0.25, -0.2) is 9.98 Å². The van der Waals surface area contributed by atoms with Gasteiger partial charge in [-0.1, -0.05) is 158 Å². The van der Waals surface area contributed by atoms with Crippen LogP contribution in [0, 0.1) is 0 Å². The Morgan fingerprint density at radius 3 is 1.88 bits per heavy atom. The van der Waals surface area contributed by atoms with Crippen LogP contribution in [0.15, 0.2) is 190 Å². The molecular weight excluding hydrogens is 633 g/mol. The fourth-order valence-electron chi connectivity index (χ4n) is 6.79. The van der Waals surface area contributed by atoms with Gasteiger partial charge in [-0.3, -0.25) is 0 Å². The number of rotatable bonds is 7. The number of furan rings is 1. The molecule has 0 atom stereocenters. The summed E-state index contributed by atoms with van der Waals surface area (Å²) in [5.41, 5.74) is 8.84. The van der Waals surface area contributed by atoms with Gasteiger partial charge in [-0.15, -0.1) is 0 Å². The molecule has 0 aliphatic rings. The lowest BCUT2D eigenvalue weighted by atomic mass is 9.96. The maximum atomic E-state index is 6.68. The molecule has 0 radical (unpaired) electrons. The highest BCUT2D eigenvalue weighted by molar-refractivity contribution is 6.21. The van der Waals surface area contributed by atoms with E-state index < -0.39 is 0 Å². The van der Waals surface area contributed by atoms with Crippen LogP contribution in [-0.2, 0) is 0 Å². The first kappa shape index (κ1) is 32.4. The Morgan fingerprint density at radius 2 is 1.19 bits per heavy atom. The Kier molecular flexibility index (Phi) is 9.06. The fourth-order valence-corrected chi connectivity index (χ4v) is 6.79. The highest BCUT2D eigenvalue weighted by Gasteiger charge is 2.17. The molecule has 52 heavy (non-hydrogen) atoms. The lowest BCUT2D eigenvalue weighted by Gasteiger charge is -2.10. The first-order valence-electron chi connectivity index (χ1n) is 17.5. The molecule has 0 N–H and O–H groups in total. The van der Waals surface area contributed by atoms with E-state index in [9.17, 15) is 0 Å². The Labute approximate surface area is 303 Å². The van der Waals surface area contributed by atoms with Crippen LogP contribution in [0.2, 0.25) is 0 Å². The van der Waals surface area contributed by atoms with Gasteiger partial charge in [0.25, 0.3) is 0 Å². The molecule has 0 aliphatic carbocycles. The minimum atomic E-state index is 0.543. The third-order valence-electron chi connectivity index (χ3n) is 9.35. The van der Waals surface area contributed by atoms with Gasteiger partial charge >= 0.3 is 0 Å². The molecule has 0 saturated heterocycles. The van der Waals surface area contributed by atoms with Crippen LogP contribution in [0.3, 0.4) is 0 Å². The van der Waals surface area contributed by atoms with E-state index in [1.54, 1.807) is 0 Å². The van der Waals surface area contributed by atoms with Crippen molar-refractivity contribution in [3.8, 4) is 22.3 Å². The summed E-state index contributed by atoms with van der Waals surface area (Å²) in [6.07, 6.45) is 10.5. The standard InChI is InChI=1S/C49H36N2O/c1-3-4-16-38-31-39(34-17-8-5-9-18-34)26-25-36(38)28-30-45(51-49(50-2)37-21-12-7-13-22-37)44-33-47-48(42-24-15-14-23-41(42)44)43-29-27-40(32-46(43)52-47)35-19-10-6-11-20-35/h3-33H,2H2,1H3/b4-3+,36-28-,38-16-,45-30-,51-49?. The highest BCUT2D eigenvalue weighted by atomic mass is 16.3. The smallest absolute Gasteiger partial charge is 0.159 e. The summed E-state index contributed by atoms with van der Waals surface area (Å²) in [6.45, 7) is 5.94. The van der Waals surface area contributed by atoms with Crippen molar-refractivity contribution in [1.82, 2.24) is 0 Å². The third-order valence-corrected chi connectivity index (χ3v) is 9.35. The van der Waals surface area contributed by atoms with Crippen LogP contribution in [0.25, 0.3) is 72.8 Å². The van der Waals surface area contributed by atoms with E-state index in [4.69, 9.17) is 9.41 Å². The molecule has 0 fully saturated rings. The number of benzene rings is 7. The van der Waals surface area contributed by atoms with E-state index in [-0.39, 0.29) is 0 Å². The molecule has 0 spiro atoms. The molecule has 3 heteroatoms. The number of nitrogens with zero attached hydrogens (tertiary/aromatic N) is 2. The van der Waals surface area contributed by atoms with Gasteiger partial charge in [0.05, 0.1) is 5.70 Å². The van der Waals surface area contributed by atoms with Crippen molar-refractivity contribution >= 4 is 63.1 Å². The summed E-state index contributed by atoms with van der Waals surface area (Å²) >= 11 is 0. The van der Waals surface area contributed by atoms with Gasteiger partial charge in [0.2, 0.25) is 0 Å². The Bertz CT molecular complexity index is 2790. The maximum absolute atomic E-state index is 6.68. The molecule has 0 unspecified atom stereocenters. The van der Waals surface area contributed by atoms with Crippen molar-refractivity contribution in [3.05, 3.63) is 198 Å². The molecule has 3 nitrogen and oxygen atoms in total. The Balaban J connectivity index is 1.37. The summed E-state index contributed by atoms with van der Waals surface area (Å²) in [5, 5.41) is 6.52. The fraction of sp³-hybridized carbons (Fsp3) is 0.0204. The molecule has 0 aliphatic heterocycles. The zero-order valence-electron chi connectivity index (χ0n) is 28.9. The number of aliphatic imine (C=N–C) groups is 2. The molecule has 1 heterocycles. The van der Waals surface area contributed by atoms with Crippen molar-refractivity contribution in [3.63, 3.8) is 0 Å². The number of allylic oxidation sites excluding steroid dienone is 3. The summed E-state index contributed by atoms with van der Waals surface area (Å²) in [7, 11) is 0. The quantitative estimate of drug-likeness (QED) is 0.123. The summed E-state index contributed by atoms with van der Waals surface area (Å²) in [5.74, 6) is 0.543. The maximum Gasteiger partial charge on any atom is 0.159 e. The second-order valence-electron chi connectivity index (χ2n) is 12.6. The van der Waals surface area contributed by atoms with Crippen molar-refractivity contribution in [2.45, 2.75) is 6.92 Å². The van der Waals surface area contributed by atoms with Crippen molar-refractivity contribution in [1.29, 1.82) is 0 Å². The van der Waals surface area contributed by atoms with Gasteiger partial charge in [-0.05, 0) is 87.4 Å². The van der Waals surface area contributed by atoms with Gasteiger partial charge in [0, 0.05) is 21.9 Å². The normalized spacial score (nSPS) is 13.2. The van der Waals surface area contributed by atoms with Gasteiger partial charge in [0.1, 0.15) is 11.2 Å². The van der Waals surface area contributed by atoms with Gasteiger partial charge in [-0.2, -0.15) is 0 Å². The average Bonchev–Trinajstić information content (AvgIpc) is 3.59. The molecule has 248 valence electrons. The lowest BCUT2D eigenvalue weighted by Crippen LogP contribution is -2.23. The Hall–Kier alpha value is -6.84. The second-order valence-corrected chi connectivity index (χ2v) is 12.6. The first-order valence-corrected chi connectivity index (χ1v) is 17.5. The van der Waals surface area contributed by atoms with Crippen LogP contribution in [-0.4, -0.2) is 12.6 Å². The number of hydrogen-bond acceptors (Lipinski definition) is 2. The van der Waals surface area contributed by atoms with Crippen molar-refractivity contribution in [2.24, 2.45) is 9.98 Å². The molecule has 0 bridgehead atoms. The van der Waals surface area contributed by atoms with E-state index in [0.29, 0.717) is 5.84 Å². The van der Waals surface area contributed by atoms with Crippen LogP contribution >= 0.6 is 0 Å². The minimum absolute atomic E-state index is 0.543. The SMILES string of the molecule is C=NC(=N\C(=C/C=c1/ccc(-c2ccccc2)c/c1=C/C=C/C)c1cc2oc3cc(-c4ccccc4)ccc3c2c2ccccc12)c1ccccc1. The van der Waals surface area contributed by atoms with Gasteiger partial charge < -0.3 is 4.42 Å². The zero-order chi connectivity index (χ0) is 35.3. The van der Waals surface area contributed by atoms with E-state index in [1.807, 2.05) is 55.5 Å². The lowest BCUT2D eigenvalue weighted by molar-refractivity contribution is 0.669. The van der Waals surface area contributed by atoms with Crippen molar-refractivity contribution < 1.29 is 4.42 Å². The molecular formula is C49H36N2O. The van der Waals surface area contributed by atoms with Crippen LogP contribution < -0.4 is 10.4 Å². The summed E-state index contributed by atoms with van der Waals surface area (Å²) in [4.78, 5) is 9.63. The zero-order valence-corrected chi connectivity index (χ0v) is 28.9. The molecule has 8 aromatic rings. The monoisotopic (exact) mass is 668 g/mol. The van der Waals surface area contributed by atoms with Crippen molar-refractivity contribution in [2.75, 3.05) is 0 Å². The highest BCUT2D eigenvalue weighted by Crippen LogP contribution is 2.40. The number of amidine groups is 1. The van der Waals surface area contributed by atoms with E-state index >= 15 is 0 Å². The Morgan fingerprint density at radius 1 is 0.558 bits per heavy atom. The minimum Gasteiger partial charge on any atom is -0.456 e. The molecule has 7 aromatic carbocycles. The summed E-state index contributed by atoms with van der Waals surface area (Å²) < 4.78 is 6.68. The topological polar surface area (TPSA) is 37.9 Å². The van der Waals surface area contributed by atoms with E-state index in [2.05, 4.69) is 151 Å². The van der Waals surface area contributed by atoms with Crippen LogP contribution in [0.5, 0.6) is 0 Å². The number of hydrogen-bond donors (Lipinski definition) is 0. The predicted octanol–water partition coefficient (Wildman–Crippen LogP) is 11.4. The average molecular weight is 669 g/mol. The van der Waals surface area contributed by atoms with E-state index in [0.717, 1.165) is 76.7 Å². The first-order chi connectivity index (χ1) is 25.7. The second kappa shape index (κ2) is 14.6. The molecule has 1 aromatic heterocycles. The van der Waals surface area contributed by atoms with Crippen LogP contribution in [0.4, 0.5) is 0 Å². The van der Waals surface area contributed by atoms with E-state index in [1.165, 1.54) is 5.56 Å².